The van der Waals surface area contributed by atoms with Gasteiger partial charge in [-0.05, 0) is 12.5 Å². The van der Waals surface area contributed by atoms with Crippen LogP contribution in [0.2, 0.25) is 0 Å². The second-order valence-corrected chi connectivity index (χ2v) is 1.94. The molecule has 0 radical (unpaired) electrons. The van der Waals surface area contributed by atoms with E-state index in [0.29, 0.717) is 6.61 Å². The van der Waals surface area contributed by atoms with Crippen molar-refractivity contribution in [3.05, 3.63) is 12.2 Å². The molecule has 0 unspecified atom stereocenters. The summed E-state index contributed by atoms with van der Waals surface area (Å²) in [6.07, 6.45) is 1.09. The molecule has 0 saturated heterocycles. The number of hydrogen-bond acceptors (Lipinski definition) is 4. The summed E-state index contributed by atoms with van der Waals surface area (Å²) in [5.41, 5.74) is 0. The molecule has 0 aliphatic carbocycles. The summed E-state index contributed by atoms with van der Waals surface area (Å²) in [4.78, 5) is 10.6. The maximum Gasteiger partial charge on any atom is 0.330 e. The van der Waals surface area contributed by atoms with Crippen LogP contribution in [0.4, 0.5) is 0 Å². The minimum atomic E-state index is -1.59. The van der Waals surface area contributed by atoms with Crippen LogP contribution in [0.5, 0.6) is 0 Å². The highest BCUT2D eigenvalue weighted by molar-refractivity contribution is 5.81. The van der Waals surface area contributed by atoms with E-state index in [2.05, 4.69) is 4.74 Å². The largest absolute Gasteiger partial charge is 0.463 e. The number of carbonyl (C=O) groups excluding carboxylic acids is 1. The standard InChI is InChI=1S/C7H12O4/c1-2-5-11-7(10)4-3-6(8)9/h3-4,6,8-9H,2,5H2,1H3. The van der Waals surface area contributed by atoms with Crippen LogP contribution in [0.3, 0.4) is 0 Å². The molecule has 11 heavy (non-hydrogen) atoms. The zero-order valence-electron chi connectivity index (χ0n) is 6.36. The fourth-order valence-corrected chi connectivity index (χ4v) is 0.415. The highest BCUT2D eigenvalue weighted by Gasteiger charge is 1.95. The van der Waals surface area contributed by atoms with Gasteiger partial charge in [-0.3, -0.25) is 0 Å². The van der Waals surface area contributed by atoms with Gasteiger partial charge in [-0.2, -0.15) is 0 Å². The number of esters is 1. The normalized spacial score (nSPS) is 10.9. The lowest BCUT2D eigenvalue weighted by atomic mass is 10.5. The van der Waals surface area contributed by atoms with Gasteiger partial charge in [-0.15, -0.1) is 0 Å². The van der Waals surface area contributed by atoms with Crippen LogP contribution < -0.4 is 0 Å². The summed E-state index contributed by atoms with van der Waals surface area (Å²) in [5, 5.41) is 16.6. The van der Waals surface area contributed by atoms with Crippen molar-refractivity contribution in [1.29, 1.82) is 0 Å². The van der Waals surface area contributed by atoms with Crippen LogP contribution in [0, 0.1) is 0 Å². The summed E-state index contributed by atoms with van der Waals surface area (Å²) >= 11 is 0. The van der Waals surface area contributed by atoms with Gasteiger partial charge in [0.2, 0.25) is 0 Å². The summed E-state index contributed by atoms with van der Waals surface area (Å²) in [5.74, 6) is -0.556. The minimum Gasteiger partial charge on any atom is -0.463 e. The molecule has 2 N–H and O–H groups in total. The first-order chi connectivity index (χ1) is 5.16. The predicted octanol–water partition coefficient (Wildman–Crippen LogP) is -0.194. The van der Waals surface area contributed by atoms with E-state index in [9.17, 15) is 4.79 Å². The van der Waals surface area contributed by atoms with E-state index < -0.39 is 12.3 Å². The Morgan fingerprint density at radius 3 is 2.73 bits per heavy atom. The van der Waals surface area contributed by atoms with Crippen LogP contribution in [0.1, 0.15) is 13.3 Å². The van der Waals surface area contributed by atoms with E-state index >= 15 is 0 Å². The molecule has 0 aliphatic heterocycles. The molecule has 0 spiro atoms. The molecule has 0 amide bonds. The molecule has 0 aliphatic rings. The smallest absolute Gasteiger partial charge is 0.330 e. The summed E-state index contributed by atoms with van der Waals surface area (Å²) in [6.45, 7) is 2.22. The first-order valence-corrected chi connectivity index (χ1v) is 3.38. The number of hydrogen-bond donors (Lipinski definition) is 2. The Morgan fingerprint density at radius 1 is 1.64 bits per heavy atom. The van der Waals surface area contributed by atoms with Gasteiger partial charge in [0.1, 0.15) is 0 Å². The molecule has 0 atom stereocenters. The minimum absolute atomic E-state index is 0.352. The summed E-state index contributed by atoms with van der Waals surface area (Å²) in [6, 6.07) is 0. The number of carbonyl (C=O) groups is 1. The zero-order chi connectivity index (χ0) is 8.69. The molecule has 64 valence electrons. The van der Waals surface area contributed by atoms with Crippen LogP contribution in [0.15, 0.2) is 12.2 Å². The second-order valence-electron chi connectivity index (χ2n) is 1.94. The van der Waals surface area contributed by atoms with Gasteiger partial charge in [-0.1, -0.05) is 6.92 Å². The molecular weight excluding hydrogens is 148 g/mol. The highest BCUT2D eigenvalue weighted by atomic mass is 16.5. The van der Waals surface area contributed by atoms with E-state index in [4.69, 9.17) is 10.2 Å². The number of ether oxygens (including phenoxy) is 1. The first-order valence-electron chi connectivity index (χ1n) is 3.38. The van der Waals surface area contributed by atoms with Crippen molar-refractivity contribution >= 4 is 5.97 Å². The zero-order valence-corrected chi connectivity index (χ0v) is 6.36. The maximum absolute atomic E-state index is 10.6. The summed E-state index contributed by atoms with van der Waals surface area (Å²) in [7, 11) is 0. The molecule has 4 heteroatoms. The maximum atomic E-state index is 10.6. The number of aliphatic hydroxyl groups excluding tert-OH is 1. The molecule has 0 aromatic rings. The molecule has 0 rings (SSSR count). The highest BCUT2D eigenvalue weighted by Crippen LogP contribution is 1.86. The third kappa shape index (κ3) is 7.02. The average molecular weight is 160 g/mol. The quantitative estimate of drug-likeness (QED) is 0.340. The van der Waals surface area contributed by atoms with Gasteiger partial charge in [0.05, 0.1) is 6.61 Å². The van der Waals surface area contributed by atoms with Gasteiger partial charge in [0, 0.05) is 6.08 Å². The fraction of sp³-hybridized carbons (Fsp3) is 0.571. The molecule has 0 saturated carbocycles. The van der Waals surface area contributed by atoms with Gasteiger partial charge in [0.15, 0.2) is 6.29 Å². The molecule has 0 heterocycles. The summed E-state index contributed by atoms with van der Waals surface area (Å²) < 4.78 is 4.59. The topological polar surface area (TPSA) is 66.8 Å². The molecule has 0 aromatic carbocycles. The lowest BCUT2D eigenvalue weighted by molar-refractivity contribution is -0.137. The Bertz CT molecular complexity index is 139. The molecule has 0 fully saturated rings. The van der Waals surface area contributed by atoms with Gasteiger partial charge in [0.25, 0.3) is 0 Å². The van der Waals surface area contributed by atoms with Gasteiger partial charge >= 0.3 is 5.97 Å². The van der Waals surface area contributed by atoms with Crippen LogP contribution in [0.25, 0.3) is 0 Å². The van der Waals surface area contributed by atoms with Crippen molar-refractivity contribution in [3.63, 3.8) is 0 Å². The van der Waals surface area contributed by atoms with E-state index in [0.717, 1.165) is 18.6 Å². The Hall–Kier alpha value is -0.870. The lowest BCUT2D eigenvalue weighted by Gasteiger charge is -1.97. The predicted molar refractivity (Wildman–Crippen MR) is 38.6 cm³/mol. The fourth-order valence-electron chi connectivity index (χ4n) is 0.415. The van der Waals surface area contributed by atoms with Crippen molar-refractivity contribution in [2.45, 2.75) is 19.6 Å². The molecular formula is C7H12O4. The van der Waals surface area contributed by atoms with Crippen molar-refractivity contribution in [1.82, 2.24) is 0 Å². The van der Waals surface area contributed by atoms with E-state index in [1.165, 1.54) is 0 Å². The third-order valence-corrected chi connectivity index (χ3v) is 0.853. The lowest BCUT2D eigenvalue weighted by Crippen LogP contribution is -2.04. The van der Waals surface area contributed by atoms with Crippen molar-refractivity contribution in [3.8, 4) is 0 Å². The molecule has 0 bridgehead atoms. The Kier molecular flexibility index (Phi) is 5.42. The van der Waals surface area contributed by atoms with Gasteiger partial charge in [-0.25, -0.2) is 4.79 Å². The molecule has 4 nitrogen and oxygen atoms in total. The van der Waals surface area contributed by atoms with Crippen LogP contribution in [-0.2, 0) is 9.53 Å². The van der Waals surface area contributed by atoms with Crippen molar-refractivity contribution in [2.75, 3.05) is 6.61 Å². The number of rotatable bonds is 4. The average Bonchev–Trinajstić information content (AvgIpc) is 1.97. The Labute approximate surface area is 65.1 Å². The SMILES string of the molecule is CCCOC(=O)C=CC(O)O. The third-order valence-electron chi connectivity index (χ3n) is 0.853. The van der Waals surface area contributed by atoms with Crippen LogP contribution >= 0.6 is 0 Å². The van der Waals surface area contributed by atoms with E-state index in [-0.39, 0.29) is 0 Å². The number of aliphatic hydroxyl groups is 2. The first kappa shape index (κ1) is 10.1. The Morgan fingerprint density at radius 2 is 2.27 bits per heavy atom. The van der Waals surface area contributed by atoms with Crippen molar-refractivity contribution in [2.24, 2.45) is 0 Å². The molecule has 0 aromatic heterocycles. The van der Waals surface area contributed by atoms with Crippen molar-refractivity contribution < 1.29 is 19.7 Å². The van der Waals surface area contributed by atoms with E-state index in [1.54, 1.807) is 0 Å². The second kappa shape index (κ2) is 5.88. The monoisotopic (exact) mass is 160 g/mol. The van der Waals surface area contributed by atoms with E-state index in [1.807, 2.05) is 6.92 Å². The van der Waals surface area contributed by atoms with Crippen LogP contribution in [-0.4, -0.2) is 29.1 Å². The van der Waals surface area contributed by atoms with Gasteiger partial charge < -0.3 is 14.9 Å². The Balaban J connectivity index is 3.51.